The lowest BCUT2D eigenvalue weighted by Crippen LogP contribution is -2.30. The van der Waals surface area contributed by atoms with E-state index in [1.807, 2.05) is 6.92 Å². The van der Waals surface area contributed by atoms with Crippen molar-refractivity contribution in [2.24, 2.45) is 0 Å². The number of rotatable bonds is 4. The van der Waals surface area contributed by atoms with Crippen LogP contribution < -0.4 is 21.3 Å². The highest BCUT2D eigenvalue weighted by molar-refractivity contribution is 6.07. The van der Waals surface area contributed by atoms with Crippen molar-refractivity contribution in [1.82, 2.24) is 15.3 Å². The number of carbonyl (C=O) groups excluding carboxylic acids is 2. The van der Waals surface area contributed by atoms with Gasteiger partial charge >= 0.3 is 12.2 Å². The van der Waals surface area contributed by atoms with E-state index >= 15 is 0 Å². The topological polar surface area (TPSA) is 113 Å². The van der Waals surface area contributed by atoms with Crippen LogP contribution in [0.1, 0.15) is 29.3 Å². The Morgan fingerprint density at radius 3 is 2.79 bits per heavy atom. The Hall–Kier alpha value is -3.37. The van der Waals surface area contributed by atoms with Crippen molar-refractivity contribution in [1.29, 1.82) is 0 Å². The number of carbonyl (C=O) groups is 2. The maximum Gasteiger partial charge on any atom is 0.416 e. The van der Waals surface area contributed by atoms with Crippen LogP contribution in [0, 0.1) is 0 Å². The van der Waals surface area contributed by atoms with Crippen LogP contribution in [0.5, 0.6) is 0 Å². The fourth-order valence-electron chi connectivity index (χ4n) is 2.67. The van der Waals surface area contributed by atoms with E-state index in [2.05, 4.69) is 20.6 Å². The first-order chi connectivity index (χ1) is 13.2. The van der Waals surface area contributed by atoms with Gasteiger partial charge < -0.3 is 16.4 Å². The molecule has 1 aromatic heterocycles. The lowest BCUT2D eigenvalue weighted by atomic mass is 10.2. The molecule has 2 heterocycles. The molecule has 4 N–H and O–H groups in total. The van der Waals surface area contributed by atoms with Crippen molar-refractivity contribution in [2.45, 2.75) is 25.6 Å². The molecule has 3 rings (SSSR count). The Labute approximate surface area is 157 Å². The van der Waals surface area contributed by atoms with E-state index in [1.54, 1.807) is 0 Å². The van der Waals surface area contributed by atoms with E-state index in [9.17, 15) is 22.8 Å². The summed E-state index contributed by atoms with van der Waals surface area (Å²) in [6.45, 7) is 2.29. The Morgan fingerprint density at radius 1 is 1.43 bits per heavy atom. The molecule has 1 saturated heterocycles. The van der Waals surface area contributed by atoms with Gasteiger partial charge in [-0.25, -0.2) is 9.78 Å². The fourth-order valence-corrected chi connectivity index (χ4v) is 2.67. The summed E-state index contributed by atoms with van der Waals surface area (Å²) < 4.78 is 38.3. The van der Waals surface area contributed by atoms with Crippen molar-refractivity contribution in [3.8, 4) is 0 Å². The largest absolute Gasteiger partial charge is 0.416 e. The average molecular weight is 394 g/mol. The Kier molecular flexibility index (Phi) is 5.08. The van der Waals surface area contributed by atoms with Crippen LogP contribution in [0.15, 0.2) is 30.5 Å². The summed E-state index contributed by atoms with van der Waals surface area (Å²) in [6.07, 6.45) is -2.67. The van der Waals surface area contributed by atoms with E-state index in [0.29, 0.717) is 6.54 Å². The molecule has 0 saturated carbocycles. The van der Waals surface area contributed by atoms with Crippen LogP contribution in [0.4, 0.5) is 35.4 Å². The van der Waals surface area contributed by atoms with Gasteiger partial charge in [0.05, 0.1) is 12.1 Å². The van der Waals surface area contributed by atoms with Crippen LogP contribution in [0.25, 0.3) is 0 Å². The molecule has 0 aliphatic carbocycles. The minimum atomic E-state index is -4.53. The van der Waals surface area contributed by atoms with Gasteiger partial charge in [-0.1, -0.05) is 13.0 Å². The smallest absolute Gasteiger partial charge is 0.383 e. The standard InChI is InChI=1S/C17H17F3N6O2/c1-2-10-8-26(16(28)24-10)15-22-7-12(13(21)25-15)14(27)23-11-5-3-4-9(6-11)17(18,19)20/h3-7,10H,2,8H2,1H3,(H,23,27)(H,24,28)(H2,21,22,25). The zero-order valence-corrected chi connectivity index (χ0v) is 14.7. The number of aromatic nitrogens is 2. The molecule has 1 aliphatic rings. The van der Waals surface area contributed by atoms with Gasteiger partial charge in [0.25, 0.3) is 5.91 Å². The minimum absolute atomic E-state index is 0.0405. The van der Waals surface area contributed by atoms with Crippen molar-refractivity contribution >= 4 is 29.4 Å². The molecule has 11 heteroatoms. The number of anilines is 3. The van der Waals surface area contributed by atoms with Gasteiger partial charge in [-0.15, -0.1) is 0 Å². The zero-order chi connectivity index (χ0) is 20.5. The highest BCUT2D eigenvalue weighted by Gasteiger charge is 2.32. The number of alkyl halides is 3. The molecular weight excluding hydrogens is 377 g/mol. The van der Waals surface area contributed by atoms with Gasteiger partial charge in [0.2, 0.25) is 5.95 Å². The summed E-state index contributed by atoms with van der Waals surface area (Å²) >= 11 is 0. The summed E-state index contributed by atoms with van der Waals surface area (Å²) in [7, 11) is 0. The monoisotopic (exact) mass is 394 g/mol. The first-order valence-electron chi connectivity index (χ1n) is 8.38. The van der Waals surface area contributed by atoms with Gasteiger partial charge in [0.1, 0.15) is 11.4 Å². The molecule has 1 aliphatic heterocycles. The molecule has 8 nitrogen and oxygen atoms in total. The average Bonchev–Trinajstić information content (AvgIpc) is 3.02. The van der Waals surface area contributed by atoms with Gasteiger partial charge in [0, 0.05) is 17.9 Å². The van der Waals surface area contributed by atoms with E-state index in [-0.39, 0.29) is 35.1 Å². The van der Waals surface area contributed by atoms with Gasteiger partial charge in [-0.3, -0.25) is 9.69 Å². The predicted molar refractivity (Wildman–Crippen MR) is 95.8 cm³/mol. The number of halogens is 3. The molecule has 0 bridgehead atoms. The second-order valence-corrected chi connectivity index (χ2v) is 6.17. The SMILES string of the molecule is CCC1CN(c2ncc(C(=O)Nc3cccc(C(F)(F)F)c3)c(N)n2)C(=O)N1. The number of hydrogen-bond donors (Lipinski definition) is 3. The second kappa shape index (κ2) is 7.33. The van der Waals surface area contributed by atoms with Crippen molar-refractivity contribution in [3.05, 3.63) is 41.6 Å². The third-order valence-electron chi connectivity index (χ3n) is 4.21. The normalized spacial score (nSPS) is 16.8. The molecular formula is C17H17F3N6O2. The van der Waals surface area contributed by atoms with Crippen molar-refractivity contribution < 1.29 is 22.8 Å². The summed E-state index contributed by atoms with van der Waals surface area (Å²) in [4.78, 5) is 33.6. The maximum absolute atomic E-state index is 12.8. The molecule has 1 atom stereocenters. The van der Waals surface area contributed by atoms with E-state index < -0.39 is 17.6 Å². The van der Waals surface area contributed by atoms with Crippen LogP contribution in [0.3, 0.4) is 0 Å². The van der Waals surface area contributed by atoms with Crippen LogP contribution >= 0.6 is 0 Å². The van der Waals surface area contributed by atoms with Crippen LogP contribution in [-0.4, -0.2) is 34.5 Å². The molecule has 3 amide bonds. The quantitative estimate of drug-likeness (QED) is 0.738. The lowest BCUT2D eigenvalue weighted by molar-refractivity contribution is -0.137. The Balaban J connectivity index is 1.77. The number of amides is 3. The number of nitrogens with two attached hydrogens (primary N) is 1. The first kappa shape index (κ1) is 19.4. The molecule has 2 aromatic rings. The summed E-state index contributed by atoms with van der Waals surface area (Å²) in [5, 5.41) is 5.09. The molecule has 0 radical (unpaired) electrons. The minimum Gasteiger partial charge on any atom is -0.383 e. The number of nitrogens with zero attached hydrogens (tertiary/aromatic N) is 3. The third kappa shape index (κ3) is 3.97. The first-order valence-corrected chi connectivity index (χ1v) is 8.38. The number of nitrogens with one attached hydrogen (secondary N) is 2. The fraction of sp³-hybridized carbons (Fsp3) is 0.294. The maximum atomic E-state index is 12.8. The number of urea groups is 1. The molecule has 1 aromatic carbocycles. The predicted octanol–water partition coefficient (Wildman–Crippen LogP) is 2.64. The van der Waals surface area contributed by atoms with E-state index in [1.165, 1.54) is 17.0 Å². The van der Waals surface area contributed by atoms with Crippen molar-refractivity contribution in [2.75, 3.05) is 22.5 Å². The van der Waals surface area contributed by atoms with E-state index in [0.717, 1.165) is 24.8 Å². The molecule has 1 unspecified atom stereocenters. The van der Waals surface area contributed by atoms with Crippen LogP contribution in [0.2, 0.25) is 0 Å². The molecule has 28 heavy (non-hydrogen) atoms. The lowest BCUT2D eigenvalue weighted by Gasteiger charge is -2.14. The highest BCUT2D eigenvalue weighted by atomic mass is 19.4. The molecule has 1 fully saturated rings. The third-order valence-corrected chi connectivity index (χ3v) is 4.21. The summed E-state index contributed by atoms with van der Waals surface area (Å²) in [6, 6.07) is 3.79. The summed E-state index contributed by atoms with van der Waals surface area (Å²) in [5.41, 5.74) is 4.75. The molecule has 0 spiro atoms. The van der Waals surface area contributed by atoms with Crippen LogP contribution in [-0.2, 0) is 6.18 Å². The van der Waals surface area contributed by atoms with Crippen molar-refractivity contribution in [3.63, 3.8) is 0 Å². The number of nitrogen functional groups attached to an aromatic ring is 1. The van der Waals surface area contributed by atoms with E-state index in [4.69, 9.17) is 5.73 Å². The summed E-state index contributed by atoms with van der Waals surface area (Å²) in [5.74, 6) is -0.913. The van der Waals surface area contributed by atoms with Gasteiger partial charge in [-0.2, -0.15) is 18.2 Å². The Morgan fingerprint density at radius 2 is 2.18 bits per heavy atom. The Bertz CT molecular complexity index is 918. The molecule has 148 valence electrons. The van der Waals surface area contributed by atoms with Gasteiger partial charge in [-0.05, 0) is 24.6 Å². The van der Waals surface area contributed by atoms with Gasteiger partial charge in [0.15, 0.2) is 0 Å². The highest BCUT2D eigenvalue weighted by Crippen LogP contribution is 2.30. The number of benzene rings is 1. The second-order valence-electron chi connectivity index (χ2n) is 6.17. The zero-order valence-electron chi connectivity index (χ0n) is 14.7. The number of hydrogen-bond acceptors (Lipinski definition) is 5.